The summed E-state index contributed by atoms with van der Waals surface area (Å²) in [5.41, 5.74) is 2.52. The van der Waals surface area contributed by atoms with Crippen molar-refractivity contribution in [3.63, 3.8) is 0 Å². The number of hydrogen-bond donors (Lipinski definition) is 3. The lowest BCUT2D eigenvalue weighted by molar-refractivity contribution is -0.384. The molecule has 25 heavy (non-hydrogen) atoms. The minimum Gasteiger partial charge on any atom is -0.508 e. The lowest BCUT2D eigenvalue weighted by Crippen LogP contribution is -2.20. The Morgan fingerprint density at radius 2 is 1.92 bits per heavy atom. The number of nitro groups is 1. The van der Waals surface area contributed by atoms with Crippen molar-refractivity contribution >= 4 is 17.3 Å². The van der Waals surface area contributed by atoms with E-state index < -0.39 is 10.8 Å². The largest absolute Gasteiger partial charge is 0.508 e. The van der Waals surface area contributed by atoms with Gasteiger partial charge in [-0.2, -0.15) is 5.10 Å². The summed E-state index contributed by atoms with van der Waals surface area (Å²) in [5.74, 6) is -0.871. The van der Waals surface area contributed by atoms with Gasteiger partial charge in [0.1, 0.15) is 17.2 Å². The summed E-state index contributed by atoms with van der Waals surface area (Å²) in [5, 5.41) is 33.8. The SMILES string of the molecule is COc1ccc([N+](=O)[O-])cc1C(=O)N/N=C(/C)c1ccc(O)cc1O. The third kappa shape index (κ3) is 4.02. The number of nitro benzene ring substituents is 1. The first-order chi connectivity index (χ1) is 11.8. The number of carbonyl (C=O) groups is 1. The van der Waals surface area contributed by atoms with Crippen LogP contribution in [-0.4, -0.2) is 33.9 Å². The molecule has 0 saturated heterocycles. The van der Waals surface area contributed by atoms with Crippen molar-refractivity contribution in [2.75, 3.05) is 7.11 Å². The number of ether oxygens (including phenoxy) is 1. The molecule has 1 amide bonds. The molecule has 2 aromatic carbocycles. The number of aromatic hydroxyl groups is 2. The third-order valence-corrected chi connectivity index (χ3v) is 3.33. The normalized spacial score (nSPS) is 11.0. The summed E-state index contributed by atoms with van der Waals surface area (Å²) in [6.07, 6.45) is 0. The number of hydrazone groups is 1. The van der Waals surface area contributed by atoms with Gasteiger partial charge < -0.3 is 14.9 Å². The van der Waals surface area contributed by atoms with Gasteiger partial charge in [-0.25, -0.2) is 5.43 Å². The molecule has 2 aromatic rings. The van der Waals surface area contributed by atoms with Crippen LogP contribution in [0.1, 0.15) is 22.8 Å². The fraction of sp³-hybridized carbons (Fsp3) is 0.125. The molecule has 130 valence electrons. The number of phenolic OH excluding ortho intramolecular Hbond substituents is 2. The van der Waals surface area contributed by atoms with Crippen molar-refractivity contribution in [2.24, 2.45) is 5.10 Å². The minimum absolute atomic E-state index is 0.0526. The Bertz CT molecular complexity index is 863. The maximum atomic E-state index is 12.3. The molecule has 0 aliphatic rings. The van der Waals surface area contributed by atoms with E-state index in [1.54, 1.807) is 0 Å². The fourth-order valence-corrected chi connectivity index (χ4v) is 2.07. The summed E-state index contributed by atoms with van der Waals surface area (Å²) < 4.78 is 5.03. The number of non-ortho nitro benzene ring substituents is 1. The van der Waals surface area contributed by atoms with Crippen LogP contribution in [0.3, 0.4) is 0 Å². The van der Waals surface area contributed by atoms with E-state index in [2.05, 4.69) is 10.5 Å². The van der Waals surface area contributed by atoms with E-state index in [-0.39, 0.29) is 34.2 Å². The lowest BCUT2D eigenvalue weighted by atomic mass is 10.1. The molecule has 9 heteroatoms. The number of hydrogen-bond acceptors (Lipinski definition) is 7. The Morgan fingerprint density at radius 1 is 1.20 bits per heavy atom. The third-order valence-electron chi connectivity index (χ3n) is 3.33. The maximum Gasteiger partial charge on any atom is 0.275 e. The second-order valence-electron chi connectivity index (χ2n) is 4.98. The van der Waals surface area contributed by atoms with Crippen LogP contribution in [0, 0.1) is 10.1 Å². The van der Waals surface area contributed by atoms with Crippen molar-refractivity contribution in [1.29, 1.82) is 0 Å². The standard InChI is InChI=1S/C16H15N3O6/c1-9(12-5-4-11(20)8-14(12)21)17-18-16(22)13-7-10(19(23)24)3-6-15(13)25-2/h3-8,20-21H,1-2H3,(H,18,22)/b17-9-. The molecule has 9 nitrogen and oxygen atoms in total. The van der Waals surface area contributed by atoms with Crippen molar-refractivity contribution in [3.8, 4) is 17.2 Å². The van der Waals surface area contributed by atoms with Crippen molar-refractivity contribution in [2.45, 2.75) is 6.92 Å². The number of benzene rings is 2. The number of rotatable bonds is 5. The topological polar surface area (TPSA) is 134 Å². The van der Waals surface area contributed by atoms with Crippen molar-refractivity contribution < 1.29 is 24.7 Å². The number of phenols is 2. The van der Waals surface area contributed by atoms with Gasteiger partial charge >= 0.3 is 0 Å². The second kappa shape index (κ2) is 7.30. The molecule has 0 atom stereocenters. The van der Waals surface area contributed by atoms with Gasteiger partial charge in [0.2, 0.25) is 0 Å². The summed E-state index contributed by atoms with van der Waals surface area (Å²) in [7, 11) is 1.33. The molecule has 0 aliphatic heterocycles. The van der Waals surface area contributed by atoms with E-state index in [1.807, 2.05) is 0 Å². The molecule has 0 unspecified atom stereocenters. The zero-order chi connectivity index (χ0) is 18.6. The number of nitrogens with zero attached hydrogens (tertiary/aromatic N) is 2. The first-order valence-electron chi connectivity index (χ1n) is 7.03. The van der Waals surface area contributed by atoms with Gasteiger partial charge in [-0.15, -0.1) is 0 Å². The van der Waals surface area contributed by atoms with Crippen molar-refractivity contribution in [3.05, 3.63) is 57.6 Å². The van der Waals surface area contributed by atoms with Crippen LogP contribution in [0.2, 0.25) is 0 Å². The number of amides is 1. The molecule has 0 heterocycles. The monoisotopic (exact) mass is 345 g/mol. The molecule has 0 radical (unpaired) electrons. The second-order valence-corrected chi connectivity index (χ2v) is 4.98. The Labute approximate surface area is 142 Å². The van der Waals surface area contributed by atoms with E-state index in [1.165, 1.54) is 38.3 Å². The average molecular weight is 345 g/mol. The highest BCUT2D eigenvalue weighted by atomic mass is 16.6. The van der Waals surface area contributed by atoms with E-state index in [4.69, 9.17) is 4.74 Å². The molecule has 0 spiro atoms. The molecule has 0 fully saturated rings. The average Bonchev–Trinajstić information content (AvgIpc) is 2.58. The summed E-state index contributed by atoms with van der Waals surface area (Å²) >= 11 is 0. The van der Waals surface area contributed by atoms with E-state index in [0.717, 1.165) is 12.1 Å². The Balaban J connectivity index is 2.27. The summed E-state index contributed by atoms with van der Waals surface area (Å²) in [6.45, 7) is 1.54. The summed E-state index contributed by atoms with van der Waals surface area (Å²) in [6, 6.07) is 7.55. The first kappa shape index (κ1) is 17.7. The van der Waals surface area contributed by atoms with Gasteiger partial charge in [0.15, 0.2) is 0 Å². The number of methoxy groups -OCH3 is 1. The van der Waals surface area contributed by atoms with Crippen LogP contribution < -0.4 is 10.2 Å². The highest BCUT2D eigenvalue weighted by Crippen LogP contribution is 2.25. The Morgan fingerprint density at radius 3 is 2.52 bits per heavy atom. The van der Waals surface area contributed by atoms with Crippen LogP contribution in [-0.2, 0) is 0 Å². The minimum atomic E-state index is -0.710. The van der Waals surface area contributed by atoms with E-state index >= 15 is 0 Å². The van der Waals surface area contributed by atoms with Gasteiger partial charge in [0, 0.05) is 23.8 Å². The molecule has 2 rings (SSSR count). The molecule has 0 aliphatic carbocycles. The quantitative estimate of drug-likeness (QED) is 0.432. The van der Waals surface area contributed by atoms with Crippen LogP contribution in [0.5, 0.6) is 17.2 Å². The smallest absolute Gasteiger partial charge is 0.275 e. The van der Waals surface area contributed by atoms with Gasteiger partial charge in [-0.05, 0) is 25.1 Å². The summed E-state index contributed by atoms with van der Waals surface area (Å²) in [4.78, 5) is 22.5. The molecule has 3 N–H and O–H groups in total. The number of nitrogens with one attached hydrogen (secondary N) is 1. The van der Waals surface area contributed by atoms with Crippen LogP contribution in [0.15, 0.2) is 41.5 Å². The molecule has 0 bridgehead atoms. The van der Waals surface area contributed by atoms with Crippen LogP contribution in [0.4, 0.5) is 5.69 Å². The Kier molecular flexibility index (Phi) is 5.18. The maximum absolute atomic E-state index is 12.3. The van der Waals surface area contributed by atoms with Gasteiger partial charge in [-0.1, -0.05) is 0 Å². The molecule has 0 saturated carbocycles. The predicted octanol–water partition coefficient (Wildman–Crippen LogP) is 2.17. The first-order valence-corrected chi connectivity index (χ1v) is 7.03. The zero-order valence-corrected chi connectivity index (χ0v) is 13.4. The van der Waals surface area contributed by atoms with E-state index in [0.29, 0.717) is 5.56 Å². The molecule has 0 aromatic heterocycles. The fourth-order valence-electron chi connectivity index (χ4n) is 2.07. The van der Waals surface area contributed by atoms with Gasteiger partial charge in [0.25, 0.3) is 11.6 Å². The lowest BCUT2D eigenvalue weighted by Gasteiger charge is -2.08. The van der Waals surface area contributed by atoms with Crippen LogP contribution in [0.25, 0.3) is 0 Å². The zero-order valence-electron chi connectivity index (χ0n) is 13.4. The highest BCUT2D eigenvalue weighted by Gasteiger charge is 2.17. The van der Waals surface area contributed by atoms with E-state index in [9.17, 15) is 25.1 Å². The van der Waals surface area contributed by atoms with Crippen molar-refractivity contribution in [1.82, 2.24) is 5.43 Å². The van der Waals surface area contributed by atoms with Gasteiger partial charge in [-0.3, -0.25) is 14.9 Å². The number of carbonyl (C=O) groups excluding carboxylic acids is 1. The molecular formula is C16H15N3O6. The highest BCUT2D eigenvalue weighted by molar-refractivity contribution is 6.03. The van der Waals surface area contributed by atoms with Crippen LogP contribution >= 0.6 is 0 Å². The van der Waals surface area contributed by atoms with Gasteiger partial charge in [0.05, 0.1) is 23.3 Å². The predicted molar refractivity (Wildman–Crippen MR) is 89.1 cm³/mol. The Hall–Kier alpha value is -3.62. The molecular weight excluding hydrogens is 330 g/mol.